The van der Waals surface area contributed by atoms with Crippen molar-refractivity contribution >= 4 is 34.5 Å². The average Bonchev–Trinajstić information content (AvgIpc) is 3.21. The minimum Gasteiger partial charge on any atom is -0.495 e. The first-order chi connectivity index (χ1) is 13.1. The molecule has 0 unspecified atom stereocenters. The molecule has 6 heteroatoms. The SMILES string of the molecule is COc1ccc(Cl)cc1NC(=O)[C@@H](C)N[C@@H](c1ccccc1)c1cccs1. The van der Waals surface area contributed by atoms with Gasteiger partial charge in [0.15, 0.2) is 0 Å². The van der Waals surface area contributed by atoms with Gasteiger partial charge >= 0.3 is 0 Å². The van der Waals surface area contributed by atoms with Crippen LogP contribution in [0.4, 0.5) is 5.69 Å². The maximum absolute atomic E-state index is 12.8. The van der Waals surface area contributed by atoms with Gasteiger partial charge in [-0.3, -0.25) is 10.1 Å². The maximum Gasteiger partial charge on any atom is 0.241 e. The fourth-order valence-corrected chi connectivity index (χ4v) is 3.77. The summed E-state index contributed by atoms with van der Waals surface area (Å²) in [6.07, 6.45) is 0. The van der Waals surface area contributed by atoms with Crippen molar-refractivity contribution < 1.29 is 9.53 Å². The van der Waals surface area contributed by atoms with E-state index in [2.05, 4.69) is 28.8 Å². The van der Waals surface area contributed by atoms with E-state index in [4.69, 9.17) is 16.3 Å². The quantitative estimate of drug-likeness (QED) is 0.579. The van der Waals surface area contributed by atoms with Crippen LogP contribution in [0, 0.1) is 0 Å². The van der Waals surface area contributed by atoms with Gasteiger partial charge in [0, 0.05) is 9.90 Å². The fraction of sp³-hybridized carbons (Fsp3) is 0.190. The number of nitrogens with one attached hydrogen (secondary N) is 2. The second-order valence-electron chi connectivity index (χ2n) is 6.08. The van der Waals surface area contributed by atoms with Crippen molar-refractivity contribution in [3.05, 3.63) is 81.5 Å². The highest BCUT2D eigenvalue weighted by atomic mass is 35.5. The minimum atomic E-state index is -0.430. The summed E-state index contributed by atoms with van der Waals surface area (Å²) in [7, 11) is 1.56. The van der Waals surface area contributed by atoms with Gasteiger partial charge in [-0.2, -0.15) is 0 Å². The number of hydrogen-bond acceptors (Lipinski definition) is 4. The molecule has 2 atom stereocenters. The Balaban J connectivity index is 1.77. The summed E-state index contributed by atoms with van der Waals surface area (Å²) in [4.78, 5) is 13.9. The van der Waals surface area contributed by atoms with Crippen molar-refractivity contribution in [1.29, 1.82) is 0 Å². The number of halogens is 1. The van der Waals surface area contributed by atoms with E-state index in [1.54, 1.807) is 36.6 Å². The molecule has 2 N–H and O–H groups in total. The predicted octanol–water partition coefficient (Wildman–Crippen LogP) is 5.12. The molecular formula is C21H21ClN2O2S. The molecule has 0 spiro atoms. The molecule has 0 aliphatic carbocycles. The van der Waals surface area contributed by atoms with Crippen LogP contribution in [0.3, 0.4) is 0 Å². The third-order valence-corrected chi connectivity index (χ3v) is 5.36. The first kappa shape index (κ1) is 19.4. The van der Waals surface area contributed by atoms with Crippen molar-refractivity contribution in [3.8, 4) is 5.75 Å². The molecule has 0 fully saturated rings. The molecule has 0 saturated heterocycles. The predicted molar refractivity (Wildman–Crippen MR) is 112 cm³/mol. The Kier molecular flexibility index (Phi) is 6.50. The number of amides is 1. The summed E-state index contributed by atoms with van der Waals surface area (Å²) in [5.74, 6) is 0.408. The fourth-order valence-electron chi connectivity index (χ4n) is 2.79. The van der Waals surface area contributed by atoms with E-state index < -0.39 is 6.04 Å². The largest absolute Gasteiger partial charge is 0.495 e. The first-order valence-electron chi connectivity index (χ1n) is 8.57. The molecular weight excluding hydrogens is 380 g/mol. The zero-order valence-electron chi connectivity index (χ0n) is 15.1. The van der Waals surface area contributed by atoms with Gasteiger partial charge in [-0.25, -0.2) is 0 Å². The molecule has 1 aromatic heterocycles. The number of hydrogen-bond donors (Lipinski definition) is 2. The van der Waals surface area contributed by atoms with E-state index >= 15 is 0 Å². The summed E-state index contributed by atoms with van der Waals surface area (Å²) in [6.45, 7) is 1.84. The second-order valence-corrected chi connectivity index (χ2v) is 7.50. The molecule has 1 heterocycles. The molecule has 3 rings (SSSR count). The number of carbonyl (C=O) groups is 1. The number of rotatable bonds is 7. The normalized spacial score (nSPS) is 13.0. The lowest BCUT2D eigenvalue weighted by Crippen LogP contribution is -2.40. The number of carbonyl (C=O) groups excluding carboxylic acids is 1. The van der Waals surface area contributed by atoms with Crippen molar-refractivity contribution in [1.82, 2.24) is 5.32 Å². The Hall–Kier alpha value is -2.34. The van der Waals surface area contributed by atoms with Gasteiger partial charge in [-0.1, -0.05) is 48.0 Å². The Morgan fingerprint density at radius 3 is 2.56 bits per heavy atom. The van der Waals surface area contributed by atoms with Gasteiger partial charge in [0.25, 0.3) is 0 Å². The van der Waals surface area contributed by atoms with Crippen LogP contribution in [0.15, 0.2) is 66.0 Å². The van der Waals surface area contributed by atoms with Crippen LogP contribution < -0.4 is 15.4 Å². The van der Waals surface area contributed by atoms with Crippen LogP contribution >= 0.6 is 22.9 Å². The summed E-state index contributed by atoms with van der Waals surface area (Å²) in [5.41, 5.74) is 1.66. The van der Waals surface area contributed by atoms with Crippen molar-refractivity contribution in [2.75, 3.05) is 12.4 Å². The lowest BCUT2D eigenvalue weighted by molar-refractivity contribution is -0.117. The molecule has 4 nitrogen and oxygen atoms in total. The van der Waals surface area contributed by atoms with Crippen molar-refractivity contribution in [2.45, 2.75) is 19.0 Å². The summed E-state index contributed by atoms with van der Waals surface area (Å²) < 4.78 is 5.30. The molecule has 0 aliphatic heterocycles. The molecule has 0 saturated carbocycles. The molecule has 140 valence electrons. The Morgan fingerprint density at radius 1 is 1.11 bits per heavy atom. The van der Waals surface area contributed by atoms with Crippen LogP contribution in [0.5, 0.6) is 5.75 Å². The van der Waals surface area contributed by atoms with Gasteiger partial charge in [0.05, 0.1) is 24.9 Å². The van der Waals surface area contributed by atoms with Crippen LogP contribution in [0.1, 0.15) is 23.4 Å². The Labute approximate surface area is 168 Å². The molecule has 2 aromatic carbocycles. The van der Waals surface area contributed by atoms with Gasteiger partial charge < -0.3 is 10.1 Å². The van der Waals surface area contributed by atoms with E-state index in [9.17, 15) is 4.79 Å². The molecule has 3 aromatic rings. The van der Waals surface area contributed by atoms with Crippen LogP contribution in [0.25, 0.3) is 0 Å². The highest BCUT2D eigenvalue weighted by Gasteiger charge is 2.22. The summed E-state index contributed by atoms with van der Waals surface area (Å²) >= 11 is 7.71. The molecule has 27 heavy (non-hydrogen) atoms. The van der Waals surface area contributed by atoms with E-state index in [0.29, 0.717) is 16.5 Å². The highest BCUT2D eigenvalue weighted by Crippen LogP contribution is 2.29. The molecule has 1 amide bonds. The van der Waals surface area contributed by atoms with Crippen LogP contribution in [0.2, 0.25) is 5.02 Å². The second kappa shape index (κ2) is 9.04. The number of benzene rings is 2. The molecule has 0 aliphatic rings. The zero-order valence-corrected chi connectivity index (χ0v) is 16.7. The number of thiophene rings is 1. The lowest BCUT2D eigenvalue weighted by Gasteiger charge is -2.23. The Morgan fingerprint density at radius 2 is 1.89 bits per heavy atom. The number of ether oxygens (including phenoxy) is 1. The standard InChI is InChI=1S/C21H21ClN2O2S/c1-14(21(25)24-17-13-16(22)10-11-18(17)26-2)23-20(19-9-6-12-27-19)15-7-4-3-5-8-15/h3-14,20,23H,1-2H3,(H,24,25)/t14-,20+/m1/s1. The van der Waals surface area contributed by atoms with Crippen molar-refractivity contribution in [3.63, 3.8) is 0 Å². The van der Waals surface area contributed by atoms with Crippen molar-refractivity contribution in [2.24, 2.45) is 0 Å². The summed E-state index contributed by atoms with van der Waals surface area (Å²) in [6, 6.07) is 18.8. The first-order valence-corrected chi connectivity index (χ1v) is 9.83. The van der Waals surface area contributed by atoms with E-state index in [-0.39, 0.29) is 11.9 Å². The monoisotopic (exact) mass is 400 g/mol. The Bertz CT molecular complexity index is 884. The maximum atomic E-state index is 12.8. The van der Waals surface area contributed by atoms with E-state index in [1.807, 2.05) is 36.6 Å². The summed E-state index contributed by atoms with van der Waals surface area (Å²) in [5, 5.41) is 8.90. The third kappa shape index (κ3) is 4.89. The van der Waals surface area contributed by atoms with Crippen LogP contribution in [-0.2, 0) is 4.79 Å². The minimum absolute atomic E-state index is 0.0618. The van der Waals surface area contributed by atoms with Crippen LogP contribution in [-0.4, -0.2) is 19.1 Å². The van der Waals surface area contributed by atoms with Gasteiger partial charge in [0.2, 0.25) is 5.91 Å². The van der Waals surface area contributed by atoms with Gasteiger partial charge in [0.1, 0.15) is 5.75 Å². The number of anilines is 1. The topological polar surface area (TPSA) is 50.4 Å². The van der Waals surface area contributed by atoms with E-state index in [1.165, 1.54) is 0 Å². The lowest BCUT2D eigenvalue weighted by atomic mass is 10.0. The zero-order chi connectivity index (χ0) is 19.2. The number of methoxy groups -OCH3 is 1. The molecule has 0 radical (unpaired) electrons. The third-order valence-electron chi connectivity index (χ3n) is 4.19. The van der Waals surface area contributed by atoms with E-state index in [0.717, 1.165) is 10.4 Å². The van der Waals surface area contributed by atoms with Gasteiger partial charge in [-0.15, -0.1) is 11.3 Å². The highest BCUT2D eigenvalue weighted by molar-refractivity contribution is 7.10. The average molecular weight is 401 g/mol. The van der Waals surface area contributed by atoms with Gasteiger partial charge in [-0.05, 0) is 42.1 Å². The molecule has 0 bridgehead atoms. The smallest absolute Gasteiger partial charge is 0.241 e.